The van der Waals surface area contributed by atoms with Gasteiger partial charge in [-0.15, -0.1) is 0 Å². The van der Waals surface area contributed by atoms with Gasteiger partial charge in [0.05, 0.1) is 12.6 Å². The molecule has 1 fully saturated rings. The van der Waals surface area contributed by atoms with Gasteiger partial charge in [-0.3, -0.25) is 9.78 Å². The molecule has 6 nitrogen and oxygen atoms in total. The van der Waals surface area contributed by atoms with Crippen LogP contribution in [0.15, 0.2) is 48.9 Å². The number of carboxylic acids is 1. The molecule has 2 atom stereocenters. The summed E-state index contributed by atoms with van der Waals surface area (Å²) in [5.74, 6) is 0.904. The molecule has 1 aromatic carbocycles. The minimum absolute atomic E-state index is 0.240. The Balaban J connectivity index is 1.27. The van der Waals surface area contributed by atoms with Crippen LogP contribution >= 0.6 is 0 Å². The normalized spacial score (nSPS) is 18.7. The molecule has 4 rings (SSSR count). The number of aryl methyl sites for hydroxylation is 3. The Morgan fingerprint density at radius 2 is 2.03 bits per heavy atom. The van der Waals surface area contributed by atoms with Crippen LogP contribution in [-0.2, 0) is 24.7 Å². The summed E-state index contributed by atoms with van der Waals surface area (Å²) in [7, 11) is 3.75. The second-order valence-electron chi connectivity index (χ2n) is 10.1. The molecule has 0 saturated carbocycles. The molecule has 0 radical (unpaired) electrons. The van der Waals surface area contributed by atoms with Gasteiger partial charge in [-0.1, -0.05) is 0 Å². The lowest BCUT2D eigenvalue weighted by molar-refractivity contribution is -0.139. The van der Waals surface area contributed by atoms with Crippen LogP contribution in [0.3, 0.4) is 0 Å². The number of aromatic nitrogens is 2. The lowest BCUT2D eigenvalue weighted by Gasteiger charge is -2.38. The van der Waals surface area contributed by atoms with E-state index in [4.69, 9.17) is 4.74 Å². The van der Waals surface area contributed by atoms with Crippen LogP contribution in [0.25, 0.3) is 10.9 Å². The first kappa shape index (κ1) is 25.2. The molecule has 3 aromatic rings. The predicted octanol–water partition coefficient (Wildman–Crippen LogP) is 5.34. The van der Waals surface area contributed by atoms with E-state index in [1.54, 1.807) is 7.11 Å². The summed E-state index contributed by atoms with van der Waals surface area (Å²) in [6.45, 7) is 3.07. The Hall–Kier alpha value is -2.86. The number of rotatable bonds is 12. The van der Waals surface area contributed by atoms with Crippen molar-refractivity contribution < 1.29 is 14.6 Å². The second-order valence-corrected chi connectivity index (χ2v) is 10.1. The zero-order valence-corrected chi connectivity index (χ0v) is 21.2. The molecule has 1 aliphatic rings. The molecule has 0 spiro atoms. The standard InChI is InChI=1S/C29H39N3O3/c1-31-16-12-22(20-31)6-3-4-15-32-17-13-23(25(21-32)18-29(33)34)7-5-8-24-11-14-30-28-10-9-26(35-2)19-27(24)28/h9-12,14,16,19-20,23,25H,3-8,13,15,17-18,21H2,1-2H3,(H,33,34)/t23-,25+/m1/s1. The molecule has 35 heavy (non-hydrogen) atoms. The van der Waals surface area contributed by atoms with Crippen molar-refractivity contribution in [2.45, 2.75) is 51.4 Å². The maximum atomic E-state index is 11.6. The fourth-order valence-electron chi connectivity index (χ4n) is 5.65. The van der Waals surface area contributed by atoms with Crippen molar-refractivity contribution in [2.24, 2.45) is 18.9 Å². The summed E-state index contributed by atoms with van der Waals surface area (Å²) in [6.07, 6.45) is 14.1. The van der Waals surface area contributed by atoms with Crippen LogP contribution in [0.5, 0.6) is 5.75 Å². The second kappa shape index (κ2) is 12.2. The Morgan fingerprint density at radius 3 is 2.80 bits per heavy atom. The highest BCUT2D eigenvalue weighted by molar-refractivity contribution is 5.83. The highest BCUT2D eigenvalue weighted by Crippen LogP contribution is 2.32. The van der Waals surface area contributed by atoms with Crippen molar-refractivity contribution in [1.29, 1.82) is 0 Å². The molecule has 0 aliphatic carbocycles. The molecule has 6 heteroatoms. The van der Waals surface area contributed by atoms with E-state index in [1.165, 1.54) is 17.5 Å². The number of hydrogen-bond donors (Lipinski definition) is 1. The molecule has 0 bridgehead atoms. The van der Waals surface area contributed by atoms with Crippen LogP contribution in [0.1, 0.15) is 49.7 Å². The number of ether oxygens (including phenoxy) is 1. The predicted molar refractivity (Wildman–Crippen MR) is 140 cm³/mol. The lowest BCUT2D eigenvalue weighted by atomic mass is 9.79. The topological polar surface area (TPSA) is 67.6 Å². The summed E-state index contributed by atoms with van der Waals surface area (Å²) >= 11 is 0. The van der Waals surface area contributed by atoms with Crippen molar-refractivity contribution in [1.82, 2.24) is 14.5 Å². The summed E-state index contributed by atoms with van der Waals surface area (Å²) in [6, 6.07) is 10.3. The average molecular weight is 478 g/mol. The summed E-state index contributed by atoms with van der Waals surface area (Å²) in [5.41, 5.74) is 3.68. The minimum atomic E-state index is -0.668. The van der Waals surface area contributed by atoms with Crippen molar-refractivity contribution in [3.05, 3.63) is 60.0 Å². The van der Waals surface area contributed by atoms with Gasteiger partial charge in [0.2, 0.25) is 0 Å². The number of likely N-dealkylation sites (tertiary alicyclic amines) is 1. The number of methoxy groups -OCH3 is 1. The molecule has 1 N–H and O–H groups in total. The molecule has 0 amide bonds. The number of hydrogen-bond acceptors (Lipinski definition) is 4. The van der Waals surface area contributed by atoms with Gasteiger partial charge in [-0.25, -0.2) is 0 Å². The minimum Gasteiger partial charge on any atom is -0.497 e. The van der Waals surface area contributed by atoms with E-state index in [2.05, 4.69) is 52.1 Å². The number of carbonyl (C=O) groups is 1. The maximum Gasteiger partial charge on any atom is 0.303 e. The third kappa shape index (κ3) is 7.07. The maximum absolute atomic E-state index is 11.6. The van der Waals surface area contributed by atoms with E-state index in [9.17, 15) is 9.90 Å². The number of piperidine rings is 1. The SMILES string of the molecule is COc1ccc2nccc(CCC[C@@H]3CCN(CCCCc4ccn(C)c4)C[C@@H]3CC(=O)O)c2c1. The average Bonchev–Trinajstić information content (AvgIpc) is 3.27. The van der Waals surface area contributed by atoms with Crippen LogP contribution in [0, 0.1) is 11.8 Å². The quantitative estimate of drug-likeness (QED) is 0.357. The third-order valence-corrected chi connectivity index (χ3v) is 7.56. The van der Waals surface area contributed by atoms with Crippen LogP contribution in [0.4, 0.5) is 0 Å². The van der Waals surface area contributed by atoms with E-state index in [-0.39, 0.29) is 12.3 Å². The fraction of sp³-hybridized carbons (Fsp3) is 0.517. The molecule has 188 valence electrons. The number of benzene rings is 1. The first-order valence-electron chi connectivity index (χ1n) is 13.0. The van der Waals surface area contributed by atoms with Gasteiger partial charge in [-0.05, 0) is 111 Å². The highest BCUT2D eigenvalue weighted by atomic mass is 16.5. The molecular weight excluding hydrogens is 438 g/mol. The largest absolute Gasteiger partial charge is 0.497 e. The number of pyridine rings is 1. The Kier molecular flexibility index (Phi) is 8.80. The number of aliphatic carboxylic acids is 1. The van der Waals surface area contributed by atoms with Gasteiger partial charge in [-0.2, -0.15) is 0 Å². The number of fused-ring (bicyclic) bond motifs is 1. The highest BCUT2D eigenvalue weighted by Gasteiger charge is 2.30. The Labute approximate surface area is 208 Å². The zero-order chi connectivity index (χ0) is 24.6. The summed E-state index contributed by atoms with van der Waals surface area (Å²) < 4.78 is 7.51. The zero-order valence-electron chi connectivity index (χ0n) is 21.2. The number of nitrogens with zero attached hydrogens (tertiary/aromatic N) is 3. The first-order chi connectivity index (χ1) is 17.0. The van der Waals surface area contributed by atoms with E-state index < -0.39 is 5.97 Å². The monoisotopic (exact) mass is 477 g/mol. The van der Waals surface area contributed by atoms with Crippen molar-refractivity contribution in [3.63, 3.8) is 0 Å². The van der Waals surface area contributed by atoms with Crippen molar-refractivity contribution in [3.8, 4) is 5.75 Å². The van der Waals surface area contributed by atoms with E-state index in [0.29, 0.717) is 5.92 Å². The number of unbranched alkanes of at least 4 members (excludes halogenated alkanes) is 1. The molecule has 1 aliphatic heterocycles. The van der Waals surface area contributed by atoms with E-state index >= 15 is 0 Å². The van der Waals surface area contributed by atoms with Crippen molar-refractivity contribution >= 4 is 16.9 Å². The van der Waals surface area contributed by atoms with Crippen LogP contribution < -0.4 is 4.74 Å². The first-order valence-corrected chi connectivity index (χ1v) is 13.0. The van der Waals surface area contributed by atoms with Gasteiger partial charge >= 0.3 is 5.97 Å². The molecular formula is C29H39N3O3. The van der Waals surface area contributed by atoms with E-state index in [0.717, 1.165) is 74.8 Å². The molecule has 3 heterocycles. The van der Waals surface area contributed by atoms with Crippen molar-refractivity contribution in [2.75, 3.05) is 26.7 Å². The van der Waals surface area contributed by atoms with Gasteiger partial charge in [0.25, 0.3) is 0 Å². The number of carboxylic acid groups (broad SMARTS) is 1. The Bertz CT molecular complexity index is 1110. The fourth-order valence-corrected chi connectivity index (χ4v) is 5.65. The Morgan fingerprint density at radius 1 is 1.14 bits per heavy atom. The molecule has 1 saturated heterocycles. The van der Waals surface area contributed by atoms with Gasteiger partial charge in [0.1, 0.15) is 5.75 Å². The lowest BCUT2D eigenvalue weighted by Crippen LogP contribution is -2.41. The van der Waals surface area contributed by atoms with Crippen LogP contribution in [-0.4, -0.2) is 52.3 Å². The third-order valence-electron chi connectivity index (χ3n) is 7.56. The molecule has 0 unspecified atom stereocenters. The summed E-state index contributed by atoms with van der Waals surface area (Å²) in [5, 5.41) is 10.7. The summed E-state index contributed by atoms with van der Waals surface area (Å²) in [4.78, 5) is 18.6. The van der Waals surface area contributed by atoms with Crippen LogP contribution in [0.2, 0.25) is 0 Å². The van der Waals surface area contributed by atoms with E-state index in [1.807, 2.05) is 18.3 Å². The van der Waals surface area contributed by atoms with Gasteiger partial charge in [0.15, 0.2) is 0 Å². The molecule has 2 aromatic heterocycles. The smallest absolute Gasteiger partial charge is 0.303 e. The van der Waals surface area contributed by atoms with Gasteiger partial charge < -0.3 is 19.3 Å². The van der Waals surface area contributed by atoms with Gasteiger partial charge in [0, 0.05) is 44.0 Å².